The zero-order chi connectivity index (χ0) is 13.7. The normalized spacial score (nSPS) is 18.6. The van der Waals surface area contributed by atoms with Gasteiger partial charge in [-0.15, -0.1) is 0 Å². The van der Waals surface area contributed by atoms with Gasteiger partial charge in [0.05, 0.1) is 12.7 Å². The van der Waals surface area contributed by atoms with Crippen molar-refractivity contribution < 1.29 is 14.6 Å². The number of hydrogen-bond acceptors (Lipinski definition) is 3. The molecular formula is C15H21NO3. The van der Waals surface area contributed by atoms with Crippen molar-refractivity contribution >= 4 is 5.91 Å². The van der Waals surface area contributed by atoms with Gasteiger partial charge in [-0.3, -0.25) is 4.79 Å². The van der Waals surface area contributed by atoms with Crippen molar-refractivity contribution in [3.05, 3.63) is 29.8 Å². The highest BCUT2D eigenvalue weighted by Crippen LogP contribution is 2.14. The second-order valence-electron chi connectivity index (χ2n) is 5.05. The number of β-amino-alcohol motifs (C(OH)–C–C–N with tert-alkyl or cyclic N) is 1. The van der Waals surface area contributed by atoms with Crippen molar-refractivity contribution in [3.8, 4) is 5.75 Å². The minimum atomic E-state index is -0.340. The third-order valence-corrected chi connectivity index (χ3v) is 3.31. The van der Waals surface area contributed by atoms with Crippen LogP contribution in [0.5, 0.6) is 5.75 Å². The summed E-state index contributed by atoms with van der Waals surface area (Å²) in [5, 5.41) is 9.38. The molecule has 0 aromatic heterocycles. The molecule has 4 nitrogen and oxygen atoms in total. The summed E-state index contributed by atoms with van der Waals surface area (Å²) in [6.45, 7) is 3.73. The van der Waals surface area contributed by atoms with Gasteiger partial charge >= 0.3 is 0 Å². The minimum absolute atomic E-state index is 0.115. The first kappa shape index (κ1) is 13.9. The van der Waals surface area contributed by atoms with Crippen LogP contribution in [0.1, 0.15) is 24.8 Å². The molecule has 4 heteroatoms. The van der Waals surface area contributed by atoms with Crippen LogP contribution in [0, 0.1) is 6.92 Å². The summed E-state index contributed by atoms with van der Waals surface area (Å²) in [7, 11) is 0. The fourth-order valence-electron chi connectivity index (χ4n) is 2.25. The predicted molar refractivity (Wildman–Crippen MR) is 73.1 cm³/mol. The zero-order valence-electron chi connectivity index (χ0n) is 11.3. The average Bonchev–Trinajstić information content (AvgIpc) is 2.81. The number of carbonyl (C=O) groups is 1. The first-order valence-corrected chi connectivity index (χ1v) is 6.80. The first-order valence-electron chi connectivity index (χ1n) is 6.80. The lowest BCUT2D eigenvalue weighted by Gasteiger charge is -2.15. The molecule has 0 aliphatic carbocycles. The number of ether oxygens (including phenoxy) is 1. The second-order valence-corrected chi connectivity index (χ2v) is 5.05. The molecule has 1 aliphatic rings. The second kappa shape index (κ2) is 6.57. The van der Waals surface area contributed by atoms with E-state index in [1.807, 2.05) is 31.2 Å². The molecule has 1 N–H and O–H groups in total. The van der Waals surface area contributed by atoms with E-state index < -0.39 is 0 Å². The third-order valence-electron chi connectivity index (χ3n) is 3.31. The molecule has 2 rings (SSSR count). The Balaban J connectivity index is 1.65. The maximum atomic E-state index is 11.8. The van der Waals surface area contributed by atoms with Crippen molar-refractivity contribution in [2.45, 2.75) is 32.3 Å². The number of rotatable bonds is 5. The van der Waals surface area contributed by atoms with E-state index in [1.165, 1.54) is 5.56 Å². The lowest BCUT2D eigenvalue weighted by Crippen LogP contribution is -2.29. The highest BCUT2D eigenvalue weighted by atomic mass is 16.5. The molecule has 0 unspecified atom stereocenters. The molecule has 1 saturated heterocycles. The molecule has 0 radical (unpaired) electrons. The van der Waals surface area contributed by atoms with Crippen LogP contribution in [0.15, 0.2) is 24.3 Å². The van der Waals surface area contributed by atoms with Crippen LogP contribution in [-0.4, -0.2) is 41.7 Å². The van der Waals surface area contributed by atoms with Crippen molar-refractivity contribution in [1.82, 2.24) is 4.90 Å². The standard InChI is InChI=1S/C15H21NO3/c1-12-4-2-5-14(10-12)19-9-3-6-15(18)16-8-7-13(17)11-16/h2,4-5,10,13,17H,3,6-9,11H2,1H3/t13-/m0/s1. The van der Waals surface area contributed by atoms with E-state index in [0.29, 0.717) is 39.0 Å². The number of amides is 1. The fourth-order valence-corrected chi connectivity index (χ4v) is 2.25. The van der Waals surface area contributed by atoms with Crippen LogP contribution in [0.2, 0.25) is 0 Å². The Morgan fingerprint density at radius 2 is 2.37 bits per heavy atom. The number of likely N-dealkylation sites (tertiary alicyclic amines) is 1. The summed E-state index contributed by atoms with van der Waals surface area (Å²) in [5.74, 6) is 0.966. The molecule has 0 bridgehead atoms. The van der Waals surface area contributed by atoms with Gasteiger partial charge in [0, 0.05) is 19.5 Å². The van der Waals surface area contributed by atoms with E-state index in [2.05, 4.69) is 0 Å². The van der Waals surface area contributed by atoms with Gasteiger partial charge in [-0.25, -0.2) is 0 Å². The molecule has 104 valence electrons. The molecule has 1 heterocycles. The topological polar surface area (TPSA) is 49.8 Å². The van der Waals surface area contributed by atoms with Gasteiger partial charge in [0.2, 0.25) is 5.91 Å². The Labute approximate surface area is 114 Å². The predicted octanol–water partition coefficient (Wildman–Crippen LogP) is 1.75. The van der Waals surface area contributed by atoms with Crippen LogP contribution in [0.3, 0.4) is 0 Å². The van der Waals surface area contributed by atoms with E-state index in [-0.39, 0.29) is 12.0 Å². The van der Waals surface area contributed by atoms with Gasteiger partial charge in [0.25, 0.3) is 0 Å². The maximum absolute atomic E-state index is 11.8. The summed E-state index contributed by atoms with van der Waals surface area (Å²) in [6, 6.07) is 7.89. The molecule has 1 amide bonds. The highest BCUT2D eigenvalue weighted by Gasteiger charge is 2.23. The largest absolute Gasteiger partial charge is 0.494 e. The van der Waals surface area contributed by atoms with E-state index in [9.17, 15) is 9.90 Å². The lowest BCUT2D eigenvalue weighted by atomic mass is 10.2. The summed E-state index contributed by atoms with van der Waals surface area (Å²) >= 11 is 0. The first-order chi connectivity index (χ1) is 9.15. The van der Waals surface area contributed by atoms with Crippen molar-refractivity contribution in [2.75, 3.05) is 19.7 Å². The average molecular weight is 263 g/mol. The van der Waals surface area contributed by atoms with Crippen LogP contribution in [0.25, 0.3) is 0 Å². The van der Waals surface area contributed by atoms with Gasteiger partial charge < -0.3 is 14.7 Å². The Morgan fingerprint density at radius 1 is 1.53 bits per heavy atom. The third kappa shape index (κ3) is 4.24. The Morgan fingerprint density at radius 3 is 3.05 bits per heavy atom. The lowest BCUT2D eigenvalue weighted by molar-refractivity contribution is -0.130. The molecule has 1 aromatic rings. The quantitative estimate of drug-likeness (QED) is 0.823. The summed E-state index contributed by atoms with van der Waals surface area (Å²) in [4.78, 5) is 13.5. The monoisotopic (exact) mass is 263 g/mol. The summed E-state index contributed by atoms with van der Waals surface area (Å²) in [6.07, 6.45) is 1.55. The molecule has 0 spiro atoms. The highest BCUT2D eigenvalue weighted by molar-refractivity contribution is 5.76. The van der Waals surface area contributed by atoms with Crippen molar-refractivity contribution in [3.63, 3.8) is 0 Å². The van der Waals surface area contributed by atoms with Gasteiger partial charge in [-0.1, -0.05) is 12.1 Å². The Bertz CT molecular complexity index is 433. The van der Waals surface area contributed by atoms with Crippen LogP contribution >= 0.6 is 0 Å². The van der Waals surface area contributed by atoms with Gasteiger partial charge in [-0.2, -0.15) is 0 Å². The van der Waals surface area contributed by atoms with Gasteiger partial charge in [-0.05, 0) is 37.5 Å². The van der Waals surface area contributed by atoms with Gasteiger partial charge in [0.1, 0.15) is 5.75 Å². The molecule has 1 aliphatic heterocycles. The molecular weight excluding hydrogens is 242 g/mol. The number of aliphatic hydroxyl groups excluding tert-OH is 1. The maximum Gasteiger partial charge on any atom is 0.222 e. The van der Waals surface area contributed by atoms with E-state index in [1.54, 1.807) is 4.90 Å². The number of hydrogen-bond donors (Lipinski definition) is 1. The number of aliphatic hydroxyl groups is 1. The van der Waals surface area contributed by atoms with Crippen LogP contribution in [0.4, 0.5) is 0 Å². The number of nitrogens with zero attached hydrogens (tertiary/aromatic N) is 1. The summed E-state index contributed by atoms with van der Waals surface area (Å²) in [5.41, 5.74) is 1.17. The molecule has 1 aromatic carbocycles. The van der Waals surface area contributed by atoms with E-state index >= 15 is 0 Å². The van der Waals surface area contributed by atoms with Gasteiger partial charge in [0.15, 0.2) is 0 Å². The number of benzene rings is 1. The fraction of sp³-hybridized carbons (Fsp3) is 0.533. The summed E-state index contributed by atoms with van der Waals surface area (Å²) < 4.78 is 5.60. The van der Waals surface area contributed by atoms with E-state index in [4.69, 9.17) is 4.74 Å². The Hall–Kier alpha value is -1.55. The van der Waals surface area contributed by atoms with Crippen molar-refractivity contribution in [1.29, 1.82) is 0 Å². The van der Waals surface area contributed by atoms with Crippen LogP contribution < -0.4 is 4.74 Å². The minimum Gasteiger partial charge on any atom is -0.494 e. The zero-order valence-corrected chi connectivity index (χ0v) is 11.3. The smallest absolute Gasteiger partial charge is 0.222 e. The molecule has 19 heavy (non-hydrogen) atoms. The molecule has 1 atom stereocenters. The number of aryl methyl sites for hydroxylation is 1. The molecule has 0 saturated carbocycles. The number of carbonyl (C=O) groups excluding carboxylic acids is 1. The van der Waals surface area contributed by atoms with Crippen molar-refractivity contribution in [2.24, 2.45) is 0 Å². The SMILES string of the molecule is Cc1cccc(OCCCC(=O)N2CC[C@H](O)C2)c1. The van der Waals surface area contributed by atoms with E-state index in [0.717, 1.165) is 5.75 Å². The Kier molecular flexibility index (Phi) is 4.80. The van der Waals surface area contributed by atoms with Crippen LogP contribution in [-0.2, 0) is 4.79 Å². The molecule has 1 fully saturated rings.